The molecule has 0 aromatic carbocycles. The predicted octanol–water partition coefficient (Wildman–Crippen LogP) is 5.80. The Morgan fingerprint density at radius 2 is 1.87 bits per heavy atom. The van der Waals surface area contributed by atoms with Crippen LogP contribution in [0.1, 0.15) is 72.6 Å². The quantitative estimate of drug-likeness (QED) is 0.421. The Kier molecular flexibility index (Phi) is 9.62. The summed E-state index contributed by atoms with van der Waals surface area (Å²) in [7, 11) is 2.19. The van der Waals surface area contributed by atoms with Gasteiger partial charge in [-0.25, -0.2) is 0 Å². The van der Waals surface area contributed by atoms with Gasteiger partial charge in [-0.15, -0.1) is 0 Å². The first-order valence-corrected chi connectivity index (χ1v) is 9.69. The molecule has 0 aromatic rings. The number of allylic oxidation sites excluding steroid dienone is 3. The van der Waals surface area contributed by atoms with Crippen LogP contribution in [0.4, 0.5) is 0 Å². The summed E-state index contributed by atoms with van der Waals surface area (Å²) in [5, 5.41) is 0. The Hall–Kier alpha value is -0.760. The van der Waals surface area contributed by atoms with Gasteiger partial charge in [0, 0.05) is 6.54 Å². The zero-order chi connectivity index (χ0) is 17.1. The molecule has 1 aliphatic rings. The number of rotatable bonds is 12. The predicted molar refractivity (Wildman–Crippen MR) is 102 cm³/mol. The molecule has 0 N–H and O–H groups in total. The van der Waals surface area contributed by atoms with Gasteiger partial charge >= 0.3 is 0 Å². The van der Waals surface area contributed by atoms with Crippen molar-refractivity contribution in [2.24, 2.45) is 11.3 Å². The van der Waals surface area contributed by atoms with Crippen LogP contribution in [-0.4, -0.2) is 31.6 Å². The molecule has 0 fully saturated rings. The Morgan fingerprint density at radius 1 is 1.13 bits per heavy atom. The minimum absolute atomic E-state index is 0.397. The summed E-state index contributed by atoms with van der Waals surface area (Å²) in [5.41, 5.74) is 0.397. The molecular formula is C21H39NO. The van der Waals surface area contributed by atoms with E-state index in [0.717, 1.165) is 25.3 Å². The lowest BCUT2D eigenvalue weighted by Gasteiger charge is -2.33. The van der Waals surface area contributed by atoms with E-state index < -0.39 is 0 Å². The lowest BCUT2D eigenvalue weighted by atomic mass is 9.72. The number of unbranched alkanes of at least 4 members (excludes halogenated alkanes) is 3. The Labute approximate surface area is 145 Å². The zero-order valence-corrected chi connectivity index (χ0v) is 16.2. The molecule has 1 aliphatic carbocycles. The average molecular weight is 322 g/mol. The Bertz CT molecular complexity index is 370. The van der Waals surface area contributed by atoms with Gasteiger partial charge in [-0.2, -0.15) is 0 Å². The number of likely N-dealkylation sites (N-methyl/N-ethyl adjacent to an activating group) is 1. The van der Waals surface area contributed by atoms with Crippen LogP contribution in [0.5, 0.6) is 0 Å². The van der Waals surface area contributed by atoms with Crippen LogP contribution in [0.2, 0.25) is 0 Å². The van der Waals surface area contributed by atoms with Crippen LogP contribution >= 0.6 is 0 Å². The van der Waals surface area contributed by atoms with Crippen molar-refractivity contribution in [2.45, 2.75) is 72.6 Å². The molecular weight excluding hydrogens is 282 g/mol. The molecule has 0 bridgehead atoms. The van der Waals surface area contributed by atoms with Gasteiger partial charge in [0.05, 0.1) is 0 Å². The van der Waals surface area contributed by atoms with Gasteiger partial charge in [-0.05, 0) is 56.3 Å². The molecule has 0 saturated heterocycles. The molecule has 2 nitrogen and oxygen atoms in total. The largest absolute Gasteiger partial charge is 0.493 e. The van der Waals surface area contributed by atoms with E-state index >= 15 is 0 Å². The zero-order valence-electron chi connectivity index (χ0n) is 16.2. The van der Waals surface area contributed by atoms with E-state index in [4.69, 9.17) is 4.74 Å². The van der Waals surface area contributed by atoms with Crippen molar-refractivity contribution < 1.29 is 4.74 Å². The molecule has 0 saturated carbocycles. The molecule has 1 rings (SSSR count). The van der Waals surface area contributed by atoms with Gasteiger partial charge in [0.25, 0.3) is 0 Å². The lowest BCUT2D eigenvalue weighted by molar-refractivity contribution is 0.172. The van der Waals surface area contributed by atoms with E-state index in [0.29, 0.717) is 11.3 Å². The van der Waals surface area contributed by atoms with E-state index in [1.165, 1.54) is 45.1 Å². The summed E-state index contributed by atoms with van der Waals surface area (Å²) >= 11 is 0. The van der Waals surface area contributed by atoms with Crippen molar-refractivity contribution in [3.05, 3.63) is 24.0 Å². The highest BCUT2D eigenvalue weighted by atomic mass is 16.5. The number of ether oxygens (including phenoxy) is 1. The third-order valence-corrected chi connectivity index (χ3v) is 5.13. The second-order valence-corrected chi connectivity index (χ2v) is 7.76. The average Bonchev–Trinajstić information content (AvgIpc) is 2.54. The second-order valence-electron chi connectivity index (χ2n) is 7.76. The van der Waals surface area contributed by atoms with Crippen molar-refractivity contribution in [3.63, 3.8) is 0 Å². The molecule has 0 aliphatic heterocycles. The minimum atomic E-state index is 0.397. The normalized spacial score (nSPS) is 18.3. The third-order valence-electron chi connectivity index (χ3n) is 5.13. The van der Waals surface area contributed by atoms with Gasteiger partial charge in [-0.3, -0.25) is 0 Å². The maximum absolute atomic E-state index is 5.93. The SMILES string of the molecule is CCCCCN(C)CCOC1=CCC(C(C)(C)CCCC)C=C1. The van der Waals surface area contributed by atoms with Crippen LogP contribution in [0.25, 0.3) is 0 Å². The minimum Gasteiger partial charge on any atom is -0.493 e. The van der Waals surface area contributed by atoms with Crippen molar-refractivity contribution in [3.8, 4) is 0 Å². The maximum Gasteiger partial charge on any atom is 0.115 e. The van der Waals surface area contributed by atoms with Crippen molar-refractivity contribution in [2.75, 3.05) is 26.7 Å². The summed E-state index contributed by atoms with van der Waals surface area (Å²) in [6.45, 7) is 12.3. The standard InChI is InChI=1S/C21H39NO/c1-6-8-10-16-22(5)17-18-23-20-13-11-19(12-14-20)21(3,4)15-9-7-2/h11,13-14,19H,6-10,12,15-18H2,1-5H3. The third kappa shape index (κ3) is 8.06. The first-order valence-electron chi connectivity index (χ1n) is 9.69. The van der Waals surface area contributed by atoms with E-state index in [-0.39, 0.29) is 0 Å². The Balaban J connectivity index is 2.25. The summed E-state index contributed by atoms with van der Waals surface area (Å²) < 4.78 is 5.93. The molecule has 0 spiro atoms. The fourth-order valence-corrected chi connectivity index (χ4v) is 3.17. The number of hydrogen-bond donors (Lipinski definition) is 0. The summed E-state index contributed by atoms with van der Waals surface area (Å²) in [6.07, 6.45) is 15.8. The van der Waals surface area contributed by atoms with E-state index in [2.05, 4.69) is 57.9 Å². The fourth-order valence-electron chi connectivity index (χ4n) is 3.17. The highest BCUT2D eigenvalue weighted by Crippen LogP contribution is 2.38. The first-order chi connectivity index (χ1) is 11.0. The Morgan fingerprint density at radius 3 is 2.48 bits per heavy atom. The van der Waals surface area contributed by atoms with Crippen molar-refractivity contribution in [1.82, 2.24) is 4.90 Å². The topological polar surface area (TPSA) is 12.5 Å². The molecule has 1 atom stereocenters. The summed E-state index contributed by atoms with van der Waals surface area (Å²) in [5.74, 6) is 1.72. The molecule has 0 aromatic heterocycles. The molecule has 0 heterocycles. The smallest absolute Gasteiger partial charge is 0.115 e. The van der Waals surface area contributed by atoms with Gasteiger partial charge in [0.2, 0.25) is 0 Å². The van der Waals surface area contributed by atoms with Crippen LogP contribution in [0, 0.1) is 11.3 Å². The molecule has 23 heavy (non-hydrogen) atoms. The van der Waals surface area contributed by atoms with Crippen LogP contribution in [0.3, 0.4) is 0 Å². The molecule has 134 valence electrons. The van der Waals surface area contributed by atoms with Crippen molar-refractivity contribution >= 4 is 0 Å². The van der Waals surface area contributed by atoms with Crippen LogP contribution in [-0.2, 0) is 4.74 Å². The lowest BCUT2D eigenvalue weighted by Crippen LogP contribution is -2.25. The van der Waals surface area contributed by atoms with Crippen LogP contribution < -0.4 is 0 Å². The maximum atomic E-state index is 5.93. The van der Waals surface area contributed by atoms with Crippen molar-refractivity contribution in [1.29, 1.82) is 0 Å². The molecule has 0 radical (unpaired) electrons. The monoisotopic (exact) mass is 321 g/mol. The molecule has 1 unspecified atom stereocenters. The van der Waals surface area contributed by atoms with Gasteiger partial charge < -0.3 is 9.64 Å². The van der Waals surface area contributed by atoms with E-state index in [1.807, 2.05) is 0 Å². The number of nitrogens with zero attached hydrogens (tertiary/aromatic N) is 1. The summed E-state index contributed by atoms with van der Waals surface area (Å²) in [4.78, 5) is 2.37. The fraction of sp³-hybridized carbons (Fsp3) is 0.810. The van der Waals surface area contributed by atoms with Gasteiger partial charge in [0.1, 0.15) is 12.4 Å². The van der Waals surface area contributed by atoms with E-state index in [9.17, 15) is 0 Å². The van der Waals surface area contributed by atoms with E-state index in [1.54, 1.807) is 0 Å². The highest BCUT2D eigenvalue weighted by molar-refractivity contribution is 5.19. The highest BCUT2D eigenvalue weighted by Gasteiger charge is 2.27. The molecule has 0 amide bonds. The molecule has 2 heteroatoms. The van der Waals surface area contributed by atoms with Gasteiger partial charge in [-0.1, -0.05) is 59.5 Å². The second kappa shape index (κ2) is 10.9. The summed E-state index contributed by atoms with van der Waals surface area (Å²) in [6, 6.07) is 0. The van der Waals surface area contributed by atoms with Crippen LogP contribution in [0.15, 0.2) is 24.0 Å². The number of hydrogen-bond acceptors (Lipinski definition) is 2. The van der Waals surface area contributed by atoms with Gasteiger partial charge in [0.15, 0.2) is 0 Å². The first kappa shape index (κ1) is 20.3.